The molecule has 0 spiro atoms. The normalized spacial score (nSPS) is 11.8. The molecule has 0 saturated heterocycles. The van der Waals surface area contributed by atoms with Crippen molar-refractivity contribution in [2.45, 2.75) is 68.6 Å². The van der Waals surface area contributed by atoms with Crippen molar-refractivity contribution in [1.82, 2.24) is 0 Å². The predicted molar refractivity (Wildman–Crippen MR) is 228 cm³/mol. The summed E-state index contributed by atoms with van der Waals surface area (Å²) in [5, 5.41) is 23.1. The van der Waals surface area contributed by atoms with Crippen LogP contribution in [0.3, 0.4) is 0 Å². The predicted octanol–water partition coefficient (Wildman–Crippen LogP) is 5.46. The van der Waals surface area contributed by atoms with Crippen molar-refractivity contribution in [2.24, 2.45) is 0 Å². The standard InChI is InChI=1S/C49H44O6S2.2Na/c1-30(2)40-21-18-37(48-28-38(56-55-54-50)19-23-47(40)48)27-35-16-15-33(43-10-7-8-12-45(35)43)25-32-13-14-34(44-11-6-5-9-42(32)44)26-36-17-22-41(31(3)4)49-29-39(57(51,52)53)20-24-46(36)49;;/h5-24,28-31,50H,25-27H2,1-4H3,(H,51,52,53);;/q;2*+1/p-2. The SMILES string of the molecule is CC(C)c1ccc(Cc2ccc(Cc3ccc(Cc4ccc(C(C)C)c5cc(S(=O)(=O)[O-])ccc45)c4ccccc34)c3ccccc23)c2cc(SOO[O-])ccc12.[Na+].[Na+]. The first kappa shape index (κ1) is 45.5. The van der Waals surface area contributed by atoms with E-state index in [0.717, 1.165) is 57.1 Å². The maximum Gasteiger partial charge on any atom is 1.00 e. The molecule has 10 heteroatoms. The molecule has 0 saturated carbocycles. The van der Waals surface area contributed by atoms with Crippen molar-refractivity contribution in [3.05, 3.63) is 178 Å². The van der Waals surface area contributed by atoms with Crippen LogP contribution < -0.4 is 64.4 Å². The van der Waals surface area contributed by atoms with Gasteiger partial charge < -0.3 is 9.81 Å². The fourth-order valence-corrected chi connectivity index (χ4v) is 9.37. The number of fused-ring (bicyclic) bond motifs is 4. The molecule has 0 aromatic heterocycles. The second-order valence-electron chi connectivity index (χ2n) is 15.4. The van der Waals surface area contributed by atoms with E-state index in [9.17, 15) is 18.2 Å². The van der Waals surface area contributed by atoms with Crippen LogP contribution in [0, 0.1) is 0 Å². The molecule has 0 aliphatic rings. The van der Waals surface area contributed by atoms with Crippen LogP contribution in [-0.4, -0.2) is 13.0 Å². The molecule has 0 atom stereocenters. The third-order valence-electron chi connectivity index (χ3n) is 11.3. The maximum absolute atomic E-state index is 11.9. The van der Waals surface area contributed by atoms with Crippen LogP contribution >= 0.6 is 12.0 Å². The van der Waals surface area contributed by atoms with Crippen molar-refractivity contribution in [3.8, 4) is 0 Å². The summed E-state index contributed by atoms with van der Waals surface area (Å²) in [6.07, 6.45) is 2.15. The zero-order chi connectivity index (χ0) is 39.8. The Labute approximate surface area is 394 Å². The Hall–Kier alpha value is -3.06. The molecule has 8 aromatic carbocycles. The van der Waals surface area contributed by atoms with Crippen molar-refractivity contribution in [1.29, 1.82) is 0 Å². The summed E-state index contributed by atoms with van der Waals surface area (Å²) in [5.74, 6) is 0.511. The average Bonchev–Trinajstić information content (AvgIpc) is 3.21. The van der Waals surface area contributed by atoms with Gasteiger partial charge in [-0.1, -0.05) is 137 Å². The molecule has 8 rings (SSSR count). The van der Waals surface area contributed by atoms with Crippen molar-refractivity contribution in [2.75, 3.05) is 0 Å². The van der Waals surface area contributed by atoms with Gasteiger partial charge >= 0.3 is 59.1 Å². The van der Waals surface area contributed by atoms with E-state index in [1.165, 1.54) is 72.4 Å². The van der Waals surface area contributed by atoms with E-state index in [2.05, 4.69) is 146 Å². The van der Waals surface area contributed by atoms with Gasteiger partial charge in [0.15, 0.2) is 0 Å². The minimum absolute atomic E-state index is 0. The fourth-order valence-electron chi connectivity index (χ4n) is 8.48. The van der Waals surface area contributed by atoms with Crippen LogP contribution in [0.5, 0.6) is 0 Å². The van der Waals surface area contributed by atoms with Gasteiger partial charge in [-0.3, -0.25) is 5.04 Å². The molecule has 0 heterocycles. The Balaban J connectivity index is 0.00000293. The minimum Gasteiger partial charge on any atom is -0.744 e. The van der Waals surface area contributed by atoms with E-state index in [4.69, 9.17) is 0 Å². The summed E-state index contributed by atoms with van der Waals surface area (Å²) in [6, 6.07) is 45.7. The maximum atomic E-state index is 11.9. The van der Waals surface area contributed by atoms with Crippen LogP contribution in [0.1, 0.15) is 84.0 Å². The summed E-state index contributed by atoms with van der Waals surface area (Å²) < 4.78 is 40.5. The van der Waals surface area contributed by atoms with Crippen molar-refractivity contribution >= 4 is 65.3 Å². The summed E-state index contributed by atoms with van der Waals surface area (Å²) in [5.41, 5.74) is 9.47. The quantitative estimate of drug-likeness (QED) is 0.0531. The Morgan fingerprint density at radius 2 is 0.881 bits per heavy atom. The fraction of sp³-hybridized carbons (Fsp3) is 0.184. The Morgan fingerprint density at radius 1 is 0.492 bits per heavy atom. The summed E-state index contributed by atoms with van der Waals surface area (Å²) >= 11 is 0.912. The van der Waals surface area contributed by atoms with Gasteiger partial charge in [-0.25, -0.2) is 8.42 Å². The largest absolute Gasteiger partial charge is 1.00 e. The first-order chi connectivity index (χ1) is 27.5. The number of hydrogen-bond acceptors (Lipinski definition) is 7. The molecule has 0 N–H and O–H groups in total. The molecular formula is C49H42Na2O6S2. The summed E-state index contributed by atoms with van der Waals surface area (Å²) in [4.78, 5) is 0.592. The molecule has 59 heavy (non-hydrogen) atoms. The van der Waals surface area contributed by atoms with E-state index in [1.807, 2.05) is 6.07 Å². The van der Waals surface area contributed by atoms with Crippen LogP contribution in [0.4, 0.5) is 0 Å². The summed E-state index contributed by atoms with van der Waals surface area (Å²) in [7, 11) is -4.58. The van der Waals surface area contributed by atoms with E-state index >= 15 is 0 Å². The Bertz CT molecular complexity index is 2930. The molecule has 0 unspecified atom stereocenters. The molecule has 288 valence electrons. The van der Waals surface area contributed by atoms with Crippen LogP contribution in [0.2, 0.25) is 0 Å². The van der Waals surface area contributed by atoms with Gasteiger partial charge in [0.25, 0.3) is 0 Å². The first-order valence-electron chi connectivity index (χ1n) is 19.2. The topological polar surface area (TPSA) is 98.7 Å². The van der Waals surface area contributed by atoms with Gasteiger partial charge in [0.2, 0.25) is 0 Å². The molecule has 0 aliphatic heterocycles. The van der Waals surface area contributed by atoms with Gasteiger partial charge in [-0.05, 0) is 143 Å². The van der Waals surface area contributed by atoms with Gasteiger partial charge in [-0.15, -0.1) is 0 Å². The molecule has 0 radical (unpaired) electrons. The van der Waals surface area contributed by atoms with Gasteiger partial charge in [0.1, 0.15) is 10.1 Å². The molecule has 8 aromatic rings. The molecule has 6 nitrogen and oxygen atoms in total. The number of rotatable bonds is 12. The molecule has 0 aliphatic carbocycles. The molecular weight excluding hydrogens is 795 g/mol. The second-order valence-corrected chi connectivity index (χ2v) is 17.6. The molecule has 0 bridgehead atoms. The second kappa shape index (κ2) is 19.3. The van der Waals surface area contributed by atoms with Crippen LogP contribution in [0.15, 0.2) is 143 Å². The van der Waals surface area contributed by atoms with Gasteiger partial charge in [0, 0.05) is 4.90 Å². The Kier molecular flexibility index (Phi) is 14.9. The zero-order valence-electron chi connectivity index (χ0n) is 34.2. The summed E-state index contributed by atoms with van der Waals surface area (Å²) in [6.45, 7) is 8.55. The van der Waals surface area contributed by atoms with E-state index in [1.54, 1.807) is 6.07 Å². The number of hydrogen-bond donors (Lipinski definition) is 0. The average molecular weight is 837 g/mol. The minimum atomic E-state index is -4.58. The van der Waals surface area contributed by atoms with Gasteiger partial charge in [-0.2, -0.15) is 4.33 Å². The first-order valence-corrected chi connectivity index (χ1v) is 21.3. The van der Waals surface area contributed by atoms with E-state index < -0.39 is 10.1 Å². The molecule has 0 fully saturated rings. The molecule has 0 amide bonds. The Morgan fingerprint density at radius 3 is 1.31 bits per heavy atom. The van der Waals surface area contributed by atoms with Crippen molar-refractivity contribution < 1.29 is 86.7 Å². The number of benzene rings is 8. The zero-order valence-corrected chi connectivity index (χ0v) is 39.9. The third kappa shape index (κ3) is 9.56. The van der Waals surface area contributed by atoms with Crippen molar-refractivity contribution in [3.63, 3.8) is 0 Å². The van der Waals surface area contributed by atoms with E-state index in [0.29, 0.717) is 12.3 Å². The van der Waals surface area contributed by atoms with E-state index in [-0.39, 0.29) is 69.9 Å². The van der Waals surface area contributed by atoms with Crippen LogP contribution in [0.25, 0.3) is 43.1 Å². The van der Waals surface area contributed by atoms with Gasteiger partial charge in [0.05, 0.1) is 16.9 Å². The smallest absolute Gasteiger partial charge is 0.744 e. The monoisotopic (exact) mass is 836 g/mol. The van der Waals surface area contributed by atoms with Crippen LogP contribution in [-0.2, 0) is 38.8 Å². The third-order valence-corrected chi connectivity index (χ3v) is 12.7.